The van der Waals surface area contributed by atoms with Gasteiger partial charge in [0.1, 0.15) is 5.69 Å². The van der Waals surface area contributed by atoms with E-state index in [9.17, 15) is 9.59 Å². The third kappa shape index (κ3) is 3.71. The summed E-state index contributed by atoms with van der Waals surface area (Å²) in [6, 6.07) is 5.76. The normalized spacial score (nSPS) is 14.9. The number of amides is 3. The molecule has 0 aliphatic carbocycles. The minimum absolute atomic E-state index is 0.0400. The molecule has 138 valence electrons. The van der Waals surface area contributed by atoms with Crippen LogP contribution in [0.15, 0.2) is 30.7 Å². The number of nitrogens with one attached hydrogen (secondary N) is 1. The molecule has 0 atom stereocenters. The fraction of sp³-hybridized carbons (Fsp3) is 0.421. The number of aryl methyl sites for hydroxylation is 2. The summed E-state index contributed by atoms with van der Waals surface area (Å²) < 4.78 is 1.72. The van der Waals surface area contributed by atoms with E-state index in [4.69, 9.17) is 0 Å². The van der Waals surface area contributed by atoms with Gasteiger partial charge in [-0.3, -0.25) is 4.79 Å². The van der Waals surface area contributed by atoms with Crippen LogP contribution in [-0.2, 0) is 7.05 Å². The second-order valence-electron chi connectivity index (χ2n) is 6.70. The minimum Gasteiger partial charge on any atom is -0.335 e. The molecule has 1 fully saturated rings. The Labute approximate surface area is 153 Å². The van der Waals surface area contributed by atoms with Crippen LogP contribution in [-0.4, -0.2) is 57.5 Å². The van der Waals surface area contributed by atoms with Crippen molar-refractivity contribution in [2.75, 3.05) is 31.5 Å². The Kier molecular flexibility index (Phi) is 5.25. The van der Waals surface area contributed by atoms with E-state index in [0.29, 0.717) is 31.9 Å². The number of imidazole rings is 1. The van der Waals surface area contributed by atoms with Crippen molar-refractivity contribution in [2.24, 2.45) is 7.05 Å². The number of nitrogens with zero attached hydrogens (tertiary/aromatic N) is 4. The van der Waals surface area contributed by atoms with Crippen molar-refractivity contribution < 1.29 is 9.59 Å². The monoisotopic (exact) mass is 355 g/mol. The fourth-order valence-electron chi connectivity index (χ4n) is 3.13. The summed E-state index contributed by atoms with van der Waals surface area (Å²) in [5.41, 5.74) is 3.62. The molecule has 0 unspecified atom stereocenters. The Bertz CT molecular complexity index is 814. The molecule has 1 aromatic heterocycles. The molecule has 2 aromatic rings. The minimum atomic E-state index is -0.117. The fourth-order valence-corrected chi connectivity index (χ4v) is 3.13. The van der Waals surface area contributed by atoms with Crippen LogP contribution in [0.3, 0.4) is 0 Å². The van der Waals surface area contributed by atoms with Crippen LogP contribution in [0.1, 0.15) is 28.0 Å². The molecule has 1 N–H and O–H groups in total. The van der Waals surface area contributed by atoms with E-state index in [1.165, 1.54) is 0 Å². The molecule has 3 amide bonds. The van der Waals surface area contributed by atoms with Crippen molar-refractivity contribution in [3.05, 3.63) is 47.5 Å². The molecule has 7 heteroatoms. The standard InChI is InChI=1S/C19H25N5O2/c1-14-6-4-7-16(15(14)2)21-19(26)24-9-5-8-23(10-11-24)18(25)17-12-20-13-22(17)3/h4,6-7,12-13H,5,8-11H2,1-3H3,(H,21,26). The summed E-state index contributed by atoms with van der Waals surface area (Å²) in [6.07, 6.45) is 3.96. The maximum atomic E-state index is 12.6. The predicted octanol–water partition coefficient (Wildman–Crippen LogP) is 2.42. The summed E-state index contributed by atoms with van der Waals surface area (Å²) in [6.45, 7) is 6.33. The summed E-state index contributed by atoms with van der Waals surface area (Å²) >= 11 is 0. The zero-order valence-electron chi connectivity index (χ0n) is 15.5. The maximum Gasteiger partial charge on any atom is 0.321 e. The Morgan fingerprint density at radius 1 is 1.08 bits per heavy atom. The highest BCUT2D eigenvalue weighted by Crippen LogP contribution is 2.19. The second-order valence-corrected chi connectivity index (χ2v) is 6.70. The van der Waals surface area contributed by atoms with E-state index in [0.717, 1.165) is 23.2 Å². The second kappa shape index (κ2) is 7.59. The molecule has 1 aliphatic heterocycles. The van der Waals surface area contributed by atoms with Gasteiger partial charge in [0.05, 0.1) is 12.5 Å². The van der Waals surface area contributed by atoms with Gasteiger partial charge >= 0.3 is 6.03 Å². The van der Waals surface area contributed by atoms with Crippen LogP contribution in [0.4, 0.5) is 10.5 Å². The van der Waals surface area contributed by atoms with Crippen molar-refractivity contribution in [1.29, 1.82) is 0 Å². The molecule has 26 heavy (non-hydrogen) atoms. The molecule has 0 bridgehead atoms. The van der Waals surface area contributed by atoms with Crippen molar-refractivity contribution in [1.82, 2.24) is 19.4 Å². The highest BCUT2D eigenvalue weighted by molar-refractivity contribution is 5.93. The third-order valence-electron chi connectivity index (χ3n) is 4.95. The van der Waals surface area contributed by atoms with Gasteiger partial charge in [-0.25, -0.2) is 9.78 Å². The van der Waals surface area contributed by atoms with Crippen LogP contribution in [0, 0.1) is 13.8 Å². The highest BCUT2D eigenvalue weighted by atomic mass is 16.2. The number of anilines is 1. The van der Waals surface area contributed by atoms with Crippen molar-refractivity contribution >= 4 is 17.6 Å². The van der Waals surface area contributed by atoms with E-state index in [1.807, 2.05) is 39.1 Å². The van der Waals surface area contributed by atoms with Crippen LogP contribution in [0.2, 0.25) is 0 Å². The van der Waals surface area contributed by atoms with Crippen LogP contribution >= 0.6 is 0 Å². The third-order valence-corrected chi connectivity index (χ3v) is 4.95. The first-order chi connectivity index (χ1) is 12.5. The molecule has 2 heterocycles. The van der Waals surface area contributed by atoms with Gasteiger partial charge in [0, 0.05) is 38.9 Å². The highest BCUT2D eigenvalue weighted by Gasteiger charge is 2.24. The van der Waals surface area contributed by atoms with Gasteiger partial charge in [-0.1, -0.05) is 12.1 Å². The lowest BCUT2D eigenvalue weighted by Crippen LogP contribution is -2.39. The quantitative estimate of drug-likeness (QED) is 0.899. The molecule has 7 nitrogen and oxygen atoms in total. The van der Waals surface area contributed by atoms with Gasteiger partial charge in [-0.05, 0) is 37.5 Å². The van der Waals surface area contributed by atoms with Crippen molar-refractivity contribution in [3.63, 3.8) is 0 Å². The molecule has 0 spiro atoms. The van der Waals surface area contributed by atoms with E-state index in [-0.39, 0.29) is 11.9 Å². The Balaban J connectivity index is 1.63. The molecule has 3 rings (SSSR count). The first-order valence-corrected chi connectivity index (χ1v) is 8.85. The molecular formula is C19H25N5O2. The number of urea groups is 1. The number of hydrogen-bond acceptors (Lipinski definition) is 3. The topological polar surface area (TPSA) is 70.5 Å². The molecule has 0 saturated carbocycles. The number of carbonyl (C=O) groups is 2. The average Bonchev–Trinajstić information content (AvgIpc) is 2.90. The number of rotatable bonds is 2. The number of carbonyl (C=O) groups excluding carboxylic acids is 2. The molecule has 1 aliphatic rings. The zero-order valence-corrected chi connectivity index (χ0v) is 15.5. The lowest BCUT2D eigenvalue weighted by molar-refractivity contribution is 0.0753. The summed E-state index contributed by atoms with van der Waals surface area (Å²) in [7, 11) is 1.81. The molecule has 1 aromatic carbocycles. The molecule has 1 saturated heterocycles. The SMILES string of the molecule is Cc1cccc(NC(=O)N2CCCN(C(=O)c3cncn3C)CC2)c1C. The first-order valence-electron chi connectivity index (χ1n) is 8.85. The molecular weight excluding hydrogens is 330 g/mol. The van der Waals surface area contributed by atoms with Gasteiger partial charge in [0.25, 0.3) is 5.91 Å². The predicted molar refractivity (Wildman–Crippen MR) is 100 cm³/mol. The number of hydrogen-bond donors (Lipinski definition) is 1. The van der Waals surface area contributed by atoms with Crippen LogP contribution < -0.4 is 5.32 Å². The van der Waals surface area contributed by atoms with Crippen LogP contribution in [0.5, 0.6) is 0 Å². The number of benzene rings is 1. The van der Waals surface area contributed by atoms with E-state index in [1.54, 1.807) is 26.9 Å². The Morgan fingerprint density at radius 3 is 2.54 bits per heavy atom. The van der Waals surface area contributed by atoms with Crippen molar-refractivity contribution in [2.45, 2.75) is 20.3 Å². The lowest BCUT2D eigenvalue weighted by atomic mass is 10.1. The zero-order chi connectivity index (χ0) is 18.7. The largest absolute Gasteiger partial charge is 0.335 e. The Hall–Kier alpha value is -2.83. The summed E-state index contributed by atoms with van der Waals surface area (Å²) in [4.78, 5) is 32.8. The molecule has 0 radical (unpaired) electrons. The smallest absolute Gasteiger partial charge is 0.321 e. The summed E-state index contributed by atoms with van der Waals surface area (Å²) in [5.74, 6) is -0.0400. The average molecular weight is 355 g/mol. The van der Waals surface area contributed by atoms with Crippen molar-refractivity contribution in [3.8, 4) is 0 Å². The number of aromatic nitrogens is 2. The maximum absolute atomic E-state index is 12.6. The lowest BCUT2D eigenvalue weighted by Gasteiger charge is -2.23. The van der Waals surface area contributed by atoms with E-state index >= 15 is 0 Å². The van der Waals surface area contributed by atoms with Gasteiger partial charge in [-0.15, -0.1) is 0 Å². The van der Waals surface area contributed by atoms with Gasteiger partial charge in [0.2, 0.25) is 0 Å². The Morgan fingerprint density at radius 2 is 1.81 bits per heavy atom. The summed E-state index contributed by atoms with van der Waals surface area (Å²) in [5, 5.41) is 3.00. The van der Waals surface area contributed by atoms with Crippen LogP contribution in [0.25, 0.3) is 0 Å². The van der Waals surface area contributed by atoms with Gasteiger partial charge < -0.3 is 19.7 Å². The van der Waals surface area contributed by atoms with Gasteiger partial charge in [-0.2, -0.15) is 0 Å². The van der Waals surface area contributed by atoms with E-state index in [2.05, 4.69) is 10.3 Å². The van der Waals surface area contributed by atoms with Gasteiger partial charge in [0.15, 0.2) is 0 Å². The van der Waals surface area contributed by atoms with E-state index < -0.39 is 0 Å². The first kappa shape index (κ1) is 18.0.